The lowest BCUT2D eigenvalue weighted by Gasteiger charge is -2.25. The zero-order chi connectivity index (χ0) is 16.3. The molecule has 0 aliphatic carbocycles. The third-order valence-corrected chi connectivity index (χ3v) is 5.70. The summed E-state index contributed by atoms with van der Waals surface area (Å²) in [6.45, 7) is 4.56. The first-order valence-corrected chi connectivity index (χ1v) is 10.4. The summed E-state index contributed by atoms with van der Waals surface area (Å²) < 4.78 is 26.8. The van der Waals surface area contributed by atoms with Gasteiger partial charge in [-0.2, -0.15) is 0 Å². The molecule has 120 valence electrons. The summed E-state index contributed by atoms with van der Waals surface area (Å²) in [6, 6.07) is 7.69. The minimum atomic E-state index is -3.37. The SMILES string of the molecule is CC(C)Cc1ccccc1N(Cc1cnc(Br)s1)S(C)(=O)=O. The highest BCUT2D eigenvalue weighted by Crippen LogP contribution is 2.29. The molecule has 4 nitrogen and oxygen atoms in total. The van der Waals surface area contributed by atoms with Gasteiger partial charge in [-0.1, -0.05) is 32.0 Å². The Hall–Kier alpha value is -0.920. The number of benzene rings is 1. The van der Waals surface area contributed by atoms with Crippen molar-refractivity contribution in [2.45, 2.75) is 26.8 Å². The Morgan fingerprint density at radius 3 is 2.55 bits per heavy atom. The molecule has 0 saturated heterocycles. The summed E-state index contributed by atoms with van der Waals surface area (Å²) in [6.07, 6.45) is 3.79. The predicted octanol–water partition coefficient (Wildman–Crippen LogP) is 4.07. The van der Waals surface area contributed by atoms with Crippen LogP contribution in [0.2, 0.25) is 0 Å². The summed E-state index contributed by atoms with van der Waals surface area (Å²) in [5, 5.41) is 0. The van der Waals surface area contributed by atoms with Crippen molar-refractivity contribution in [1.29, 1.82) is 0 Å². The molecule has 1 aromatic carbocycles. The molecule has 0 aliphatic heterocycles. The maximum absolute atomic E-state index is 12.3. The van der Waals surface area contributed by atoms with Gasteiger partial charge >= 0.3 is 0 Å². The van der Waals surface area contributed by atoms with Crippen molar-refractivity contribution in [1.82, 2.24) is 4.98 Å². The Balaban J connectivity index is 2.42. The normalized spacial score (nSPS) is 11.9. The standard InChI is InChI=1S/C15H19BrN2O2S2/c1-11(2)8-12-6-4-5-7-14(12)18(22(3,19)20)10-13-9-17-15(16)21-13/h4-7,9,11H,8,10H2,1-3H3. The fraction of sp³-hybridized carbons (Fsp3) is 0.400. The van der Waals surface area contributed by atoms with Gasteiger partial charge in [-0.25, -0.2) is 13.4 Å². The molecular weight excluding hydrogens is 384 g/mol. The van der Waals surface area contributed by atoms with Crippen molar-refractivity contribution in [3.05, 3.63) is 44.8 Å². The summed E-state index contributed by atoms with van der Waals surface area (Å²) in [4.78, 5) is 5.03. The molecule has 0 fully saturated rings. The zero-order valence-electron chi connectivity index (χ0n) is 12.8. The van der Waals surface area contributed by atoms with Crippen LogP contribution in [0.5, 0.6) is 0 Å². The molecule has 0 atom stereocenters. The third kappa shape index (κ3) is 4.54. The number of hydrogen-bond donors (Lipinski definition) is 0. The molecule has 0 unspecified atom stereocenters. The molecule has 0 spiro atoms. The number of nitrogens with zero attached hydrogens (tertiary/aromatic N) is 2. The topological polar surface area (TPSA) is 50.3 Å². The molecule has 0 N–H and O–H groups in total. The van der Waals surface area contributed by atoms with Crippen LogP contribution in [-0.4, -0.2) is 19.7 Å². The Kier molecular flexibility index (Phi) is 5.63. The van der Waals surface area contributed by atoms with Crippen LogP contribution >= 0.6 is 27.3 Å². The largest absolute Gasteiger partial charge is 0.265 e. The van der Waals surface area contributed by atoms with Crippen molar-refractivity contribution in [3.63, 3.8) is 0 Å². The molecule has 1 heterocycles. The molecule has 1 aromatic heterocycles. The molecule has 0 aliphatic rings. The first-order valence-electron chi connectivity index (χ1n) is 6.93. The van der Waals surface area contributed by atoms with Crippen LogP contribution in [0.1, 0.15) is 24.3 Å². The highest BCUT2D eigenvalue weighted by Gasteiger charge is 2.21. The highest BCUT2D eigenvalue weighted by atomic mass is 79.9. The third-order valence-electron chi connectivity index (χ3n) is 3.11. The molecule has 2 rings (SSSR count). The van der Waals surface area contributed by atoms with Gasteiger partial charge in [0.15, 0.2) is 3.92 Å². The van der Waals surface area contributed by atoms with Gasteiger partial charge < -0.3 is 0 Å². The van der Waals surface area contributed by atoms with E-state index in [9.17, 15) is 8.42 Å². The van der Waals surface area contributed by atoms with E-state index < -0.39 is 10.0 Å². The lowest BCUT2D eigenvalue weighted by Crippen LogP contribution is -2.30. The number of thiazole rings is 1. The average Bonchev–Trinajstić information content (AvgIpc) is 2.81. The zero-order valence-corrected chi connectivity index (χ0v) is 16.0. The fourth-order valence-corrected chi connectivity index (χ4v) is 4.58. The van der Waals surface area contributed by atoms with Crippen LogP contribution in [0.15, 0.2) is 34.4 Å². The summed E-state index contributed by atoms with van der Waals surface area (Å²) in [7, 11) is -3.37. The Morgan fingerprint density at radius 1 is 1.32 bits per heavy atom. The van der Waals surface area contributed by atoms with E-state index >= 15 is 0 Å². The summed E-state index contributed by atoms with van der Waals surface area (Å²) >= 11 is 4.76. The van der Waals surface area contributed by atoms with E-state index in [1.165, 1.54) is 21.9 Å². The van der Waals surface area contributed by atoms with Crippen LogP contribution in [0.3, 0.4) is 0 Å². The second kappa shape index (κ2) is 7.10. The summed E-state index contributed by atoms with van der Waals surface area (Å²) in [5.41, 5.74) is 1.80. The first kappa shape index (κ1) is 17.4. The van der Waals surface area contributed by atoms with Gasteiger partial charge in [0.1, 0.15) is 0 Å². The molecule has 2 aromatic rings. The number of hydrogen-bond acceptors (Lipinski definition) is 4. The average molecular weight is 403 g/mol. The van der Waals surface area contributed by atoms with Crippen LogP contribution in [0.25, 0.3) is 0 Å². The minimum Gasteiger partial charge on any atom is -0.265 e. The maximum Gasteiger partial charge on any atom is 0.232 e. The number of rotatable bonds is 6. The second-order valence-electron chi connectivity index (χ2n) is 5.58. The molecule has 22 heavy (non-hydrogen) atoms. The number of aromatic nitrogens is 1. The Labute approximate surface area is 144 Å². The van der Waals surface area contributed by atoms with Crippen LogP contribution < -0.4 is 4.31 Å². The van der Waals surface area contributed by atoms with Gasteiger partial charge in [0, 0.05) is 11.1 Å². The number of para-hydroxylation sites is 1. The predicted molar refractivity (Wildman–Crippen MR) is 95.8 cm³/mol. The molecular formula is C15H19BrN2O2S2. The molecule has 0 radical (unpaired) electrons. The van der Waals surface area contributed by atoms with Gasteiger partial charge in [0.25, 0.3) is 0 Å². The molecule has 0 amide bonds. The van der Waals surface area contributed by atoms with Gasteiger partial charge in [-0.3, -0.25) is 4.31 Å². The lowest BCUT2D eigenvalue weighted by molar-refractivity contribution is 0.595. The first-order chi connectivity index (χ1) is 10.3. The number of sulfonamides is 1. The molecule has 0 saturated carbocycles. The monoisotopic (exact) mass is 402 g/mol. The van der Waals surface area contributed by atoms with E-state index in [1.807, 2.05) is 24.3 Å². The quantitative estimate of drug-likeness (QED) is 0.731. The number of anilines is 1. The Bertz CT molecular complexity index is 742. The second-order valence-corrected chi connectivity index (χ2v) is 9.87. The van der Waals surface area contributed by atoms with Gasteiger partial charge in [0.05, 0.1) is 18.5 Å². The maximum atomic E-state index is 12.3. The van der Waals surface area contributed by atoms with Crippen molar-refractivity contribution in [2.75, 3.05) is 10.6 Å². The van der Waals surface area contributed by atoms with E-state index in [-0.39, 0.29) is 0 Å². The minimum absolute atomic E-state index is 0.303. The van der Waals surface area contributed by atoms with Crippen LogP contribution in [-0.2, 0) is 23.0 Å². The van der Waals surface area contributed by atoms with E-state index in [2.05, 4.69) is 34.8 Å². The summed E-state index contributed by atoms with van der Waals surface area (Å²) in [5.74, 6) is 0.458. The van der Waals surface area contributed by atoms with Crippen molar-refractivity contribution < 1.29 is 8.42 Å². The van der Waals surface area contributed by atoms with Gasteiger partial charge in [0.2, 0.25) is 10.0 Å². The van der Waals surface area contributed by atoms with E-state index in [1.54, 1.807) is 6.20 Å². The highest BCUT2D eigenvalue weighted by molar-refractivity contribution is 9.11. The number of halogens is 1. The van der Waals surface area contributed by atoms with E-state index in [0.717, 1.165) is 26.5 Å². The van der Waals surface area contributed by atoms with Crippen LogP contribution in [0.4, 0.5) is 5.69 Å². The lowest BCUT2D eigenvalue weighted by atomic mass is 10.0. The van der Waals surface area contributed by atoms with Gasteiger partial charge in [-0.15, -0.1) is 11.3 Å². The van der Waals surface area contributed by atoms with Gasteiger partial charge in [-0.05, 0) is 39.9 Å². The fourth-order valence-electron chi connectivity index (χ4n) is 2.25. The Morgan fingerprint density at radius 2 is 2.00 bits per heavy atom. The smallest absolute Gasteiger partial charge is 0.232 e. The van der Waals surface area contributed by atoms with Crippen molar-refractivity contribution in [3.8, 4) is 0 Å². The van der Waals surface area contributed by atoms with Crippen molar-refractivity contribution >= 4 is 43.0 Å². The molecule has 0 bridgehead atoms. The van der Waals surface area contributed by atoms with E-state index in [0.29, 0.717) is 12.5 Å². The van der Waals surface area contributed by atoms with Crippen LogP contribution in [0, 0.1) is 5.92 Å². The molecule has 7 heteroatoms. The van der Waals surface area contributed by atoms with E-state index in [4.69, 9.17) is 0 Å². The van der Waals surface area contributed by atoms with Crippen molar-refractivity contribution in [2.24, 2.45) is 5.92 Å².